The van der Waals surface area contributed by atoms with Crippen molar-refractivity contribution in [3.8, 4) is 0 Å². The number of hydrogen-bond acceptors (Lipinski definition) is 1. The van der Waals surface area contributed by atoms with Crippen molar-refractivity contribution >= 4 is 21.6 Å². The van der Waals surface area contributed by atoms with Gasteiger partial charge in [-0.1, -0.05) is 29.3 Å². The van der Waals surface area contributed by atoms with E-state index in [1.807, 2.05) is 0 Å². The highest BCUT2D eigenvalue weighted by Gasteiger charge is 2.35. The molecule has 1 fully saturated rings. The highest BCUT2D eigenvalue weighted by Crippen LogP contribution is 2.41. The molecule has 0 saturated heterocycles. The second-order valence-corrected chi connectivity index (χ2v) is 6.12. The van der Waals surface area contributed by atoms with Gasteiger partial charge in [-0.05, 0) is 36.5 Å². The molecule has 1 aliphatic rings. The molecule has 1 aromatic carbocycles. The number of rotatable bonds is 3. The van der Waals surface area contributed by atoms with Crippen LogP contribution < -0.4 is 5.32 Å². The van der Waals surface area contributed by atoms with Crippen molar-refractivity contribution in [3.63, 3.8) is 0 Å². The molecule has 0 spiro atoms. The van der Waals surface area contributed by atoms with E-state index in [0.29, 0.717) is 11.0 Å². The molecule has 0 aromatic heterocycles. The van der Waals surface area contributed by atoms with Crippen LogP contribution in [0, 0.1) is 5.41 Å². The maximum atomic E-state index is 12.9. The lowest BCUT2D eigenvalue weighted by atomic mass is 9.70. The zero-order valence-corrected chi connectivity index (χ0v) is 11.7. The summed E-state index contributed by atoms with van der Waals surface area (Å²) in [5.74, 6) is 0. The number of halogens is 4. The third-order valence-electron chi connectivity index (χ3n) is 3.55. The molecule has 5 heteroatoms. The Kier molecular flexibility index (Phi) is 3.63. The van der Waals surface area contributed by atoms with Crippen molar-refractivity contribution in [2.45, 2.75) is 32.4 Å². The molecular weight excluding hydrogens is 307 g/mol. The summed E-state index contributed by atoms with van der Waals surface area (Å²) in [6.07, 6.45) is -0.993. The van der Waals surface area contributed by atoms with E-state index in [4.69, 9.17) is 0 Å². The van der Waals surface area contributed by atoms with Crippen molar-refractivity contribution in [2.75, 3.05) is 11.9 Å². The lowest BCUT2D eigenvalue weighted by molar-refractivity contribution is -0.137. The summed E-state index contributed by atoms with van der Waals surface area (Å²) >= 11 is 3.08. The number of alkyl halides is 3. The van der Waals surface area contributed by atoms with Crippen LogP contribution in [0.3, 0.4) is 0 Å². The van der Waals surface area contributed by atoms with E-state index in [1.54, 1.807) is 6.07 Å². The summed E-state index contributed by atoms with van der Waals surface area (Å²) in [6, 6.07) is 4.22. The average Bonchev–Trinajstić information content (AvgIpc) is 2.23. The largest absolute Gasteiger partial charge is 0.418 e. The molecule has 0 unspecified atom stereocenters. The molecule has 100 valence electrons. The topological polar surface area (TPSA) is 12.0 Å². The Hall–Kier alpha value is -0.710. The molecule has 0 atom stereocenters. The average molecular weight is 322 g/mol. The molecule has 1 aliphatic carbocycles. The van der Waals surface area contributed by atoms with E-state index in [2.05, 4.69) is 28.2 Å². The zero-order chi connectivity index (χ0) is 13.4. The Bertz CT molecular complexity index is 438. The molecule has 0 aliphatic heterocycles. The van der Waals surface area contributed by atoms with Gasteiger partial charge in [-0.25, -0.2) is 0 Å². The predicted octanol–water partition coefficient (Wildman–Crippen LogP) is 5.07. The van der Waals surface area contributed by atoms with Crippen molar-refractivity contribution in [1.29, 1.82) is 0 Å². The smallest absolute Gasteiger partial charge is 0.384 e. The minimum Gasteiger partial charge on any atom is -0.384 e. The standard InChI is InChI=1S/C13H15BrF3N/c1-12(5-2-6-12)8-18-11-4-3-9(14)7-10(11)13(15,16)17/h3-4,7,18H,2,5-6,8H2,1H3. The monoisotopic (exact) mass is 321 g/mol. The van der Waals surface area contributed by atoms with Gasteiger partial charge in [0.25, 0.3) is 0 Å². The number of nitrogens with one attached hydrogen (secondary N) is 1. The molecule has 1 aromatic rings. The number of hydrogen-bond donors (Lipinski definition) is 1. The fourth-order valence-corrected chi connectivity index (χ4v) is 2.53. The molecule has 1 saturated carbocycles. The van der Waals surface area contributed by atoms with Gasteiger partial charge in [0.15, 0.2) is 0 Å². The van der Waals surface area contributed by atoms with Crippen LogP contribution in [0.2, 0.25) is 0 Å². The first-order valence-electron chi connectivity index (χ1n) is 5.91. The summed E-state index contributed by atoms with van der Waals surface area (Å²) < 4.78 is 39.1. The van der Waals surface area contributed by atoms with Crippen molar-refractivity contribution < 1.29 is 13.2 Å². The van der Waals surface area contributed by atoms with E-state index in [1.165, 1.54) is 12.5 Å². The fourth-order valence-electron chi connectivity index (χ4n) is 2.17. The summed E-state index contributed by atoms with van der Waals surface area (Å²) in [5.41, 5.74) is -0.297. The Morgan fingerprint density at radius 1 is 1.33 bits per heavy atom. The minimum atomic E-state index is -4.33. The van der Waals surface area contributed by atoms with Gasteiger partial charge in [0.2, 0.25) is 0 Å². The second kappa shape index (κ2) is 4.76. The highest BCUT2D eigenvalue weighted by molar-refractivity contribution is 9.10. The highest BCUT2D eigenvalue weighted by atomic mass is 79.9. The quantitative estimate of drug-likeness (QED) is 0.819. The summed E-state index contributed by atoms with van der Waals surface area (Å²) in [4.78, 5) is 0. The summed E-state index contributed by atoms with van der Waals surface area (Å²) in [5, 5.41) is 2.95. The van der Waals surface area contributed by atoms with E-state index >= 15 is 0 Å². The molecule has 2 rings (SSSR count). The third-order valence-corrected chi connectivity index (χ3v) is 4.05. The van der Waals surface area contributed by atoms with E-state index in [0.717, 1.165) is 18.9 Å². The minimum absolute atomic E-state index is 0.149. The van der Waals surface area contributed by atoms with Gasteiger partial charge in [-0.15, -0.1) is 0 Å². The molecule has 1 N–H and O–H groups in total. The molecule has 0 bridgehead atoms. The summed E-state index contributed by atoms with van der Waals surface area (Å²) in [7, 11) is 0. The third kappa shape index (κ3) is 2.99. The van der Waals surface area contributed by atoms with Crippen molar-refractivity contribution in [2.24, 2.45) is 5.41 Å². The molecule has 0 heterocycles. The van der Waals surface area contributed by atoms with Gasteiger partial charge >= 0.3 is 6.18 Å². The Morgan fingerprint density at radius 2 is 2.00 bits per heavy atom. The van der Waals surface area contributed by atoms with Gasteiger partial charge in [0.1, 0.15) is 0 Å². The van der Waals surface area contributed by atoms with Crippen LogP contribution in [0.5, 0.6) is 0 Å². The maximum absolute atomic E-state index is 12.9. The molecule has 0 amide bonds. The number of anilines is 1. The van der Waals surface area contributed by atoms with Crippen molar-refractivity contribution in [1.82, 2.24) is 0 Å². The van der Waals surface area contributed by atoms with Crippen LogP contribution in [0.1, 0.15) is 31.7 Å². The Morgan fingerprint density at radius 3 is 2.50 bits per heavy atom. The van der Waals surface area contributed by atoms with E-state index < -0.39 is 11.7 Å². The number of benzene rings is 1. The maximum Gasteiger partial charge on any atom is 0.418 e. The Balaban J connectivity index is 2.16. The van der Waals surface area contributed by atoms with E-state index in [9.17, 15) is 13.2 Å². The van der Waals surface area contributed by atoms with Crippen LogP contribution >= 0.6 is 15.9 Å². The van der Waals surface area contributed by atoms with Crippen LogP contribution in [-0.4, -0.2) is 6.54 Å². The summed E-state index contributed by atoms with van der Waals surface area (Å²) in [6.45, 7) is 2.70. The predicted molar refractivity (Wildman–Crippen MR) is 69.6 cm³/mol. The first-order chi connectivity index (χ1) is 8.30. The van der Waals surface area contributed by atoms with Gasteiger partial charge in [-0.3, -0.25) is 0 Å². The van der Waals surface area contributed by atoms with Gasteiger partial charge in [0, 0.05) is 16.7 Å². The lowest BCUT2D eigenvalue weighted by Crippen LogP contribution is -2.33. The first kappa shape index (κ1) is 13.7. The van der Waals surface area contributed by atoms with Crippen LogP contribution in [0.4, 0.5) is 18.9 Å². The molecular formula is C13H15BrF3N. The van der Waals surface area contributed by atoms with Gasteiger partial charge in [-0.2, -0.15) is 13.2 Å². The second-order valence-electron chi connectivity index (χ2n) is 5.21. The van der Waals surface area contributed by atoms with Gasteiger partial charge in [0.05, 0.1) is 5.56 Å². The molecule has 18 heavy (non-hydrogen) atoms. The molecule has 0 radical (unpaired) electrons. The van der Waals surface area contributed by atoms with Gasteiger partial charge < -0.3 is 5.32 Å². The van der Waals surface area contributed by atoms with Crippen LogP contribution in [0.15, 0.2) is 22.7 Å². The lowest BCUT2D eigenvalue weighted by Gasteiger charge is -2.39. The van der Waals surface area contributed by atoms with E-state index in [-0.39, 0.29) is 11.1 Å². The molecule has 1 nitrogen and oxygen atoms in total. The fraction of sp³-hybridized carbons (Fsp3) is 0.538. The SMILES string of the molecule is CC1(CNc2ccc(Br)cc2C(F)(F)F)CCC1. The normalized spacial score (nSPS) is 18.3. The first-order valence-corrected chi connectivity index (χ1v) is 6.70. The van der Waals surface area contributed by atoms with Crippen molar-refractivity contribution in [3.05, 3.63) is 28.2 Å². The van der Waals surface area contributed by atoms with Crippen LogP contribution in [-0.2, 0) is 6.18 Å². The van der Waals surface area contributed by atoms with Crippen LogP contribution in [0.25, 0.3) is 0 Å². The zero-order valence-electron chi connectivity index (χ0n) is 10.1. The Labute approximate surface area is 113 Å².